The van der Waals surface area contributed by atoms with Crippen LogP contribution in [0, 0.1) is 11.3 Å². The lowest BCUT2D eigenvalue weighted by Crippen LogP contribution is -2.48. The van der Waals surface area contributed by atoms with Crippen molar-refractivity contribution in [3.8, 4) is 11.8 Å². The van der Waals surface area contributed by atoms with Crippen molar-refractivity contribution in [1.29, 1.82) is 5.26 Å². The average molecular weight is 291 g/mol. The number of benzene rings is 1. The molecule has 1 aliphatic rings. The van der Waals surface area contributed by atoms with Crippen molar-refractivity contribution in [2.75, 3.05) is 18.2 Å². The van der Waals surface area contributed by atoms with E-state index in [9.17, 15) is 10.1 Å². The molecule has 20 heavy (non-hydrogen) atoms. The van der Waals surface area contributed by atoms with Gasteiger partial charge in [0.1, 0.15) is 11.8 Å². The highest BCUT2D eigenvalue weighted by atomic mass is 32.2. The van der Waals surface area contributed by atoms with Crippen LogP contribution in [0.3, 0.4) is 0 Å². The minimum Gasteiger partial charge on any atom is -0.495 e. The fourth-order valence-corrected chi connectivity index (χ4v) is 3.35. The third-order valence-corrected chi connectivity index (χ3v) is 4.59. The van der Waals surface area contributed by atoms with Crippen molar-refractivity contribution < 1.29 is 9.53 Å². The van der Waals surface area contributed by atoms with Gasteiger partial charge in [-0.05, 0) is 26.0 Å². The molecular formula is C14H17N3O2S. The molecule has 1 unspecified atom stereocenters. The first-order valence-electron chi connectivity index (χ1n) is 6.26. The Morgan fingerprint density at radius 2 is 2.25 bits per heavy atom. The first kappa shape index (κ1) is 14.5. The Labute approximate surface area is 122 Å². The van der Waals surface area contributed by atoms with Crippen LogP contribution in [0.1, 0.15) is 13.8 Å². The minimum atomic E-state index is -0.412. The summed E-state index contributed by atoms with van der Waals surface area (Å²) in [7, 11) is 1.55. The molecule has 1 fully saturated rings. The maximum absolute atomic E-state index is 12.5. The molecule has 0 bridgehead atoms. The highest BCUT2D eigenvalue weighted by molar-refractivity contribution is 8.00. The van der Waals surface area contributed by atoms with E-state index in [-0.39, 0.29) is 6.03 Å². The Morgan fingerprint density at radius 1 is 1.55 bits per heavy atom. The first-order chi connectivity index (χ1) is 9.49. The van der Waals surface area contributed by atoms with Gasteiger partial charge >= 0.3 is 6.03 Å². The van der Waals surface area contributed by atoms with Crippen molar-refractivity contribution in [2.45, 2.75) is 24.8 Å². The van der Waals surface area contributed by atoms with Crippen molar-refractivity contribution in [1.82, 2.24) is 4.90 Å². The summed E-state index contributed by atoms with van der Waals surface area (Å²) in [5.74, 6) is 1.22. The molecule has 2 amide bonds. The zero-order valence-electron chi connectivity index (χ0n) is 11.7. The Balaban J connectivity index is 2.21. The molecule has 1 heterocycles. The van der Waals surface area contributed by atoms with Gasteiger partial charge in [0, 0.05) is 5.75 Å². The predicted octanol–water partition coefficient (Wildman–Crippen LogP) is 2.90. The number of carbonyl (C=O) groups excluding carboxylic acids is 1. The monoisotopic (exact) mass is 291 g/mol. The summed E-state index contributed by atoms with van der Waals surface area (Å²) in [5, 5.41) is 12.0. The number of para-hydroxylation sites is 2. The van der Waals surface area contributed by atoms with Gasteiger partial charge in [-0.1, -0.05) is 12.1 Å². The summed E-state index contributed by atoms with van der Waals surface area (Å²) < 4.78 is 5.21. The SMILES string of the molecule is COc1ccccc1NC(=O)N1C(C#N)CSC1(C)C. The van der Waals surface area contributed by atoms with Crippen LogP contribution in [-0.4, -0.2) is 34.7 Å². The van der Waals surface area contributed by atoms with E-state index in [0.717, 1.165) is 0 Å². The van der Waals surface area contributed by atoms with Gasteiger partial charge in [-0.3, -0.25) is 4.90 Å². The lowest BCUT2D eigenvalue weighted by molar-refractivity contribution is 0.185. The number of hydrogen-bond acceptors (Lipinski definition) is 4. The standard InChI is InChI=1S/C14H17N3O2S/c1-14(2)17(10(8-15)9-20-14)13(18)16-11-6-4-5-7-12(11)19-3/h4-7,10H,9H2,1-3H3,(H,16,18). The van der Waals surface area contributed by atoms with Crippen LogP contribution in [0.15, 0.2) is 24.3 Å². The maximum Gasteiger partial charge on any atom is 0.324 e. The number of urea groups is 1. The summed E-state index contributed by atoms with van der Waals surface area (Å²) in [6, 6.07) is 8.69. The third-order valence-electron chi connectivity index (χ3n) is 3.20. The topological polar surface area (TPSA) is 65.4 Å². The molecule has 6 heteroatoms. The second kappa shape index (κ2) is 5.63. The summed E-state index contributed by atoms with van der Waals surface area (Å²) in [5.41, 5.74) is 0.601. The average Bonchev–Trinajstić information content (AvgIpc) is 2.74. The molecule has 1 aromatic carbocycles. The Hall–Kier alpha value is -1.87. The molecule has 0 spiro atoms. The van der Waals surface area contributed by atoms with Crippen molar-refractivity contribution in [2.24, 2.45) is 0 Å². The fourth-order valence-electron chi connectivity index (χ4n) is 2.21. The Kier molecular flexibility index (Phi) is 4.09. The molecule has 1 saturated heterocycles. The lowest BCUT2D eigenvalue weighted by atomic mass is 10.2. The van der Waals surface area contributed by atoms with Crippen molar-refractivity contribution >= 4 is 23.5 Å². The van der Waals surface area contributed by atoms with Gasteiger partial charge in [-0.2, -0.15) is 5.26 Å². The van der Waals surface area contributed by atoms with Gasteiger partial charge in [-0.25, -0.2) is 4.79 Å². The molecule has 0 saturated carbocycles. The molecule has 106 valence electrons. The normalized spacial score (nSPS) is 20.3. The molecule has 1 N–H and O–H groups in total. The zero-order chi connectivity index (χ0) is 14.8. The summed E-state index contributed by atoms with van der Waals surface area (Å²) >= 11 is 1.60. The number of nitrogens with one attached hydrogen (secondary N) is 1. The lowest BCUT2D eigenvalue weighted by Gasteiger charge is -2.32. The maximum atomic E-state index is 12.5. The summed E-state index contributed by atoms with van der Waals surface area (Å²) in [6.45, 7) is 3.88. The van der Waals surface area contributed by atoms with E-state index in [4.69, 9.17) is 4.74 Å². The first-order valence-corrected chi connectivity index (χ1v) is 7.25. The highest BCUT2D eigenvalue weighted by Gasteiger charge is 2.43. The Bertz CT molecular complexity index is 554. The number of nitrogens with zero attached hydrogens (tertiary/aromatic N) is 2. The van der Waals surface area contributed by atoms with Gasteiger partial charge in [0.2, 0.25) is 0 Å². The molecule has 0 radical (unpaired) electrons. The summed E-state index contributed by atoms with van der Waals surface area (Å²) in [6.07, 6.45) is 0. The van der Waals surface area contributed by atoms with Crippen LogP contribution in [0.2, 0.25) is 0 Å². The number of ether oxygens (including phenoxy) is 1. The van der Waals surface area contributed by atoms with Crippen LogP contribution in [-0.2, 0) is 0 Å². The second-order valence-corrected chi connectivity index (χ2v) is 6.52. The molecule has 0 aromatic heterocycles. The van der Waals surface area contributed by atoms with E-state index >= 15 is 0 Å². The number of thioether (sulfide) groups is 1. The number of anilines is 1. The van der Waals surface area contributed by atoms with Crippen LogP contribution in [0.4, 0.5) is 10.5 Å². The van der Waals surface area contributed by atoms with E-state index in [1.54, 1.807) is 35.9 Å². The highest BCUT2D eigenvalue weighted by Crippen LogP contribution is 2.39. The number of amides is 2. The van der Waals surface area contributed by atoms with Gasteiger partial charge < -0.3 is 10.1 Å². The smallest absolute Gasteiger partial charge is 0.324 e. The number of carbonyl (C=O) groups is 1. The fraction of sp³-hybridized carbons (Fsp3) is 0.429. The van der Waals surface area contributed by atoms with E-state index in [2.05, 4.69) is 11.4 Å². The quantitative estimate of drug-likeness (QED) is 0.910. The van der Waals surface area contributed by atoms with Crippen LogP contribution in [0.25, 0.3) is 0 Å². The van der Waals surface area contributed by atoms with Gasteiger partial charge in [0.05, 0.1) is 23.7 Å². The van der Waals surface area contributed by atoms with Crippen LogP contribution in [0.5, 0.6) is 5.75 Å². The van der Waals surface area contributed by atoms with Crippen molar-refractivity contribution in [3.63, 3.8) is 0 Å². The molecule has 1 aromatic rings. The molecule has 2 rings (SSSR count). The second-order valence-electron chi connectivity index (χ2n) is 4.90. The predicted molar refractivity (Wildman–Crippen MR) is 79.8 cm³/mol. The van der Waals surface area contributed by atoms with Gasteiger partial charge in [0.25, 0.3) is 0 Å². The molecule has 5 nitrogen and oxygen atoms in total. The number of methoxy groups -OCH3 is 1. The van der Waals surface area contributed by atoms with Gasteiger partial charge in [0.15, 0.2) is 0 Å². The zero-order valence-corrected chi connectivity index (χ0v) is 12.5. The van der Waals surface area contributed by atoms with Gasteiger partial charge in [-0.15, -0.1) is 11.8 Å². The number of hydrogen-bond donors (Lipinski definition) is 1. The molecular weight excluding hydrogens is 274 g/mol. The number of nitriles is 1. The largest absolute Gasteiger partial charge is 0.495 e. The van der Waals surface area contributed by atoms with E-state index in [1.165, 1.54) is 0 Å². The van der Waals surface area contributed by atoms with E-state index < -0.39 is 10.9 Å². The van der Waals surface area contributed by atoms with Crippen molar-refractivity contribution in [3.05, 3.63) is 24.3 Å². The minimum absolute atomic E-state index is 0.281. The molecule has 0 aliphatic carbocycles. The van der Waals surface area contributed by atoms with E-state index in [1.807, 2.05) is 26.0 Å². The van der Waals surface area contributed by atoms with E-state index in [0.29, 0.717) is 17.2 Å². The molecule has 1 atom stereocenters. The third kappa shape index (κ3) is 2.68. The van der Waals surface area contributed by atoms with Crippen LogP contribution >= 0.6 is 11.8 Å². The number of rotatable bonds is 2. The summed E-state index contributed by atoms with van der Waals surface area (Å²) in [4.78, 5) is 13.7. The molecule has 1 aliphatic heterocycles. The Morgan fingerprint density at radius 3 is 2.90 bits per heavy atom. The van der Waals surface area contributed by atoms with Crippen LogP contribution < -0.4 is 10.1 Å².